The average Bonchev–Trinajstić information content (AvgIpc) is 2.62. The van der Waals surface area contributed by atoms with E-state index in [0.717, 1.165) is 21.3 Å². The molecule has 2 rings (SSSR count). The summed E-state index contributed by atoms with van der Waals surface area (Å²) in [6, 6.07) is 5.15. The SMILES string of the molecule is C[Si](C)(C)CCOCn1nc(I)c2cccnc21. The van der Waals surface area contributed by atoms with Crippen LogP contribution in [0.2, 0.25) is 25.7 Å². The summed E-state index contributed by atoms with van der Waals surface area (Å²) < 4.78 is 8.52. The van der Waals surface area contributed by atoms with Crippen LogP contribution in [0.3, 0.4) is 0 Å². The molecule has 0 spiro atoms. The Kier molecular flexibility index (Phi) is 4.39. The molecule has 2 aromatic rings. The van der Waals surface area contributed by atoms with E-state index in [0.29, 0.717) is 6.73 Å². The molecular weight excluding hydrogens is 357 g/mol. The Morgan fingerprint density at radius 3 is 2.89 bits per heavy atom. The fraction of sp³-hybridized carbons (Fsp3) is 0.500. The van der Waals surface area contributed by atoms with E-state index in [1.165, 1.54) is 6.04 Å². The van der Waals surface area contributed by atoms with Gasteiger partial charge in [0.2, 0.25) is 0 Å². The zero-order valence-corrected chi connectivity index (χ0v) is 14.1. The van der Waals surface area contributed by atoms with Gasteiger partial charge in [0, 0.05) is 20.9 Å². The molecule has 0 unspecified atom stereocenters. The zero-order chi connectivity index (χ0) is 13.2. The normalized spacial score (nSPS) is 12.2. The first-order valence-electron chi connectivity index (χ1n) is 6.02. The molecule has 0 fully saturated rings. The van der Waals surface area contributed by atoms with Crippen LogP contribution in [0.4, 0.5) is 0 Å². The van der Waals surface area contributed by atoms with Crippen LogP contribution in [0, 0.1) is 3.70 Å². The molecular formula is C12H18IN3OSi. The number of hydrogen-bond acceptors (Lipinski definition) is 3. The molecule has 6 heteroatoms. The number of pyridine rings is 1. The Balaban J connectivity index is 2.00. The third kappa shape index (κ3) is 3.52. The monoisotopic (exact) mass is 375 g/mol. The molecule has 98 valence electrons. The van der Waals surface area contributed by atoms with Crippen LogP contribution >= 0.6 is 22.6 Å². The molecule has 0 radical (unpaired) electrons. The van der Waals surface area contributed by atoms with Crippen molar-refractivity contribution >= 4 is 41.7 Å². The molecule has 0 aliphatic rings. The van der Waals surface area contributed by atoms with Gasteiger partial charge < -0.3 is 4.74 Å². The lowest BCUT2D eigenvalue weighted by molar-refractivity contribution is 0.0810. The van der Waals surface area contributed by atoms with Gasteiger partial charge in [-0.05, 0) is 40.8 Å². The standard InChI is InChI=1S/C12H18IN3OSi/c1-18(2,3)8-7-17-9-16-12-10(11(13)15-16)5-4-6-14-12/h4-6H,7-9H2,1-3H3. The van der Waals surface area contributed by atoms with E-state index in [4.69, 9.17) is 4.74 Å². The van der Waals surface area contributed by atoms with Gasteiger partial charge >= 0.3 is 0 Å². The van der Waals surface area contributed by atoms with Gasteiger partial charge in [-0.15, -0.1) is 0 Å². The van der Waals surface area contributed by atoms with Crippen molar-refractivity contribution in [3.05, 3.63) is 22.0 Å². The van der Waals surface area contributed by atoms with E-state index in [2.05, 4.69) is 52.3 Å². The summed E-state index contributed by atoms with van der Waals surface area (Å²) in [6.07, 6.45) is 1.79. The minimum Gasteiger partial charge on any atom is -0.359 e. The molecule has 0 atom stereocenters. The second kappa shape index (κ2) is 5.66. The van der Waals surface area contributed by atoms with E-state index in [1.807, 2.05) is 16.8 Å². The molecule has 0 aliphatic heterocycles. The number of ether oxygens (including phenoxy) is 1. The smallest absolute Gasteiger partial charge is 0.161 e. The van der Waals surface area contributed by atoms with Crippen LogP contribution in [0.1, 0.15) is 0 Å². The van der Waals surface area contributed by atoms with E-state index in [9.17, 15) is 0 Å². The maximum Gasteiger partial charge on any atom is 0.161 e. The van der Waals surface area contributed by atoms with Crippen molar-refractivity contribution in [2.75, 3.05) is 6.61 Å². The van der Waals surface area contributed by atoms with Crippen LogP contribution < -0.4 is 0 Å². The number of rotatable bonds is 5. The van der Waals surface area contributed by atoms with Crippen molar-refractivity contribution in [2.45, 2.75) is 32.4 Å². The predicted molar refractivity (Wildman–Crippen MR) is 84.4 cm³/mol. The quantitative estimate of drug-likeness (QED) is 0.457. The van der Waals surface area contributed by atoms with Gasteiger partial charge in [-0.1, -0.05) is 19.6 Å². The van der Waals surface area contributed by atoms with Gasteiger partial charge in [-0.25, -0.2) is 9.67 Å². The summed E-state index contributed by atoms with van der Waals surface area (Å²) in [6.45, 7) is 8.35. The van der Waals surface area contributed by atoms with Crippen LogP contribution in [0.25, 0.3) is 11.0 Å². The molecule has 4 nitrogen and oxygen atoms in total. The second-order valence-electron chi connectivity index (χ2n) is 5.51. The van der Waals surface area contributed by atoms with Gasteiger partial charge in [0.15, 0.2) is 5.65 Å². The summed E-state index contributed by atoms with van der Waals surface area (Å²) in [7, 11) is -1.02. The Morgan fingerprint density at radius 1 is 1.39 bits per heavy atom. The highest BCUT2D eigenvalue weighted by molar-refractivity contribution is 14.1. The Bertz CT molecular complexity index is 536. The van der Waals surface area contributed by atoms with Gasteiger partial charge in [0.05, 0.1) is 5.39 Å². The lowest BCUT2D eigenvalue weighted by Crippen LogP contribution is -2.22. The van der Waals surface area contributed by atoms with E-state index in [1.54, 1.807) is 6.20 Å². The highest BCUT2D eigenvalue weighted by atomic mass is 127. The first kappa shape index (κ1) is 13.9. The van der Waals surface area contributed by atoms with Crippen molar-refractivity contribution in [1.82, 2.24) is 14.8 Å². The van der Waals surface area contributed by atoms with Gasteiger partial charge in [0.1, 0.15) is 10.4 Å². The topological polar surface area (TPSA) is 39.9 Å². The molecule has 2 heterocycles. The van der Waals surface area contributed by atoms with E-state index < -0.39 is 8.07 Å². The second-order valence-corrected chi connectivity index (χ2v) is 12.2. The zero-order valence-electron chi connectivity index (χ0n) is 11.0. The lowest BCUT2D eigenvalue weighted by atomic mass is 10.4. The molecule has 0 bridgehead atoms. The number of aromatic nitrogens is 3. The molecule has 18 heavy (non-hydrogen) atoms. The maximum absolute atomic E-state index is 5.71. The average molecular weight is 375 g/mol. The van der Waals surface area contributed by atoms with Crippen LogP contribution in [-0.4, -0.2) is 29.4 Å². The Labute approximate surface area is 122 Å². The van der Waals surface area contributed by atoms with Crippen LogP contribution in [-0.2, 0) is 11.5 Å². The molecule has 0 aliphatic carbocycles. The van der Waals surface area contributed by atoms with Crippen molar-refractivity contribution in [3.63, 3.8) is 0 Å². The fourth-order valence-electron chi connectivity index (χ4n) is 1.59. The highest BCUT2D eigenvalue weighted by Gasteiger charge is 2.13. The van der Waals surface area contributed by atoms with Gasteiger partial charge in [-0.2, -0.15) is 5.10 Å². The third-order valence-electron chi connectivity index (χ3n) is 2.67. The number of halogens is 1. The van der Waals surface area contributed by atoms with Crippen molar-refractivity contribution in [1.29, 1.82) is 0 Å². The lowest BCUT2D eigenvalue weighted by Gasteiger charge is -2.15. The van der Waals surface area contributed by atoms with E-state index in [-0.39, 0.29) is 0 Å². The molecule has 0 amide bonds. The van der Waals surface area contributed by atoms with E-state index >= 15 is 0 Å². The molecule has 2 aromatic heterocycles. The Hall–Kier alpha value is -0.473. The summed E-state index contributed by atoms with van der Waals surface area (Å²) in [4.78, 5) is 4.35. The van der Waals surface area contributed by atoms with Crippen molar-refractivity contribution in [3.8, 4) is 0 Å². The summed E-state index contributed by atoms with van der Waals surface area (Å²) in [5.74, 6) is 0. The third-order valence-corrected chi connectivity index (χ3v) is 5.17. The minimum absolute atomic E-state index is 0.487. The molecule has 0 N–H and O–H groups in total. The summed E-state index contributed by atoms with van der Waals surface area (Å²) in [5.41, 5.74) is 0.898. The predicted octanol–water partition coefficient (Wildman–Crippen LogP) is 3.35. The van der Waals surface area contributed by atoms with Crippen molar-refractivity contribution < 1.29 is 4.74 Å². The largest absolute Gasteiger partial charge is 0.359 e. The fourth-order valence-corrected chi connectivity index (χ4v) is 3.03. The van der Waals surface area contributed by atoms with Crippen LogP contribution in [0.15, 0.2) is 18.3 Å². The first-order chi connectivity index (χ1) is 8.47. The number of fused-ring (bicyclic) bond motifs is 1. The van der Waals surface area contributed by atoms with Gasteiger partial charge in [0.25, 0.3) is 0 Å². The molecule has 0 aromatic carbocycles. The highest BCUT2D eigenvalue weighted by Crippen LogP contribution is 2.17. The molecule has 0 saturated heterocycles. The summed E-state index contributed by atoms with van der Waals surface area (Å²) >= 11 is 2.23. The maximum atomic E-state index is 5.71. The first-order valence-corrected chi connectivity index (χ1v) is 10.8. The number of hydrogen-bond donors (Lipinski definition) is 0. The Morgan fingerprint density at radius 2 is 2.17 bits per heavy atom. The minimum atomic E-state index is -1.02. The van der Waals surface area contributed by atoms with Crippen LogP contribution in [0.5, 0.6) is 0 Å². The van der Waals surface area contributed by atoms with Crippen molar-refractivity contribution in [2.24, 2.45) is 0 Å². The molecule has 0 saturated carbocycles. The summed E-state index contributed by atoms with van der Waals surface area (Å²) in [5, 5.41) is 5.54. The van der Waals surface area contributed by atoms with Gasteiger partial charge in [-0.3, -0.25) is 0 Å². The number of nitrogens with zero attached hydrogens (tertiary/aromatic N) is 3.